The second kappa shape index (κ2) is 5.27. The van der Waals surface area contributed by atoms with Crippen LogP contribution in [0, 0.1) is 24.0 Å². The van der Waals surface area contributed by atoms with Crippen molar-refractivity contribution in [1.82, 2.24) is 0 Å². The molecule has 0 radical (unpaired) electrons. The quantitative estimate of drug-likeness (QED) is 0.478. The topological polar surface area (TPSA) is 97.6 Å². The van der Waals surface area contributed by atoms with Crippen molar-refractivity contribution in [3.8, 4) is 0 Å². The van der Waals surface area contributed by atoms with E-state index in [1.54, 1.807) is 19.9 Å². The van der Waals surface area contributed by atoms with E-state index in [-0.39, 0.29) is 24.3 Å². The van der Waals surface area contributed by atoms with Crippen LogP contribution in [0.25, 0.3) is 0 Å². The third kappa shape index (κ3) is 3.01. The Morgan fingerprint density at radius 1 is 1.38 bits per heavy atom. The van der Waals surface area contributed by atoms with Gasteiger partial charge in [-0.15, -0.1) is 0 Å². The van der Waals surface area contributed by atoms with Gasteiger partial charge in [0.1, 0.15) is 10.9 Å². The van der Waals surface area contributed by atoms with Gasteiger partial charge in [0.2, 0.25) is 15.0 Å². The Kier molecular flexibility index (Phi) is 3.94. The molecule has 1 unspecified atom stereocenters. The number of amides is 1. The van der Waals surface area contributed by atoms with Crippen LogP contribution in [-0.4, -0.2) is 31.0 Å². The van der Waals surface area contributed by atoms with Crippen LogP contribution < -0.4 is 4.90 Å². The van der Waals surface area contributed by atoms with Crippen molar-refractivity contribution < 1.29 is 18.1 Å². The molecule has 1 aromatic carbocycles. The molecule has 1 aliphatic heterocycles. The zero-order valence-corrected chi connectivity index (χ0v) is 12.9. The Hall–Kier alpha value is -1.67. The number of halogens is 1. The summed E-state index contributed by atoms with van der Waals surface area (Å²) in [5.74, 6) is -0.487. The van der Waals surface area contributed by atoms with Gasteiger partial charge in [-0.3, -0.25) is 14.9 Å². The van der Waals surface area contributed by atoms with Crippen LogP contribution in [0.1, 0.15) is 17.5 Å². The van der Waals surface area contributed by atoms with Gasteiger partial charge in [0.05, 0.1) is 4.92 Å². The lowest BCUT2D eigenvalue weighted by Gasteiger charge is -2.19. The third-order valence-corrected chi connectivity index (χ3v) is 5.25. The van der Waals surface area contributed by atoms with Gasteiger partial charge in [-0.1, -0.05) is 6.07 Å². The fraction of sp³-hybridized carbons (Fsp3) is 0.417. The largest absolute Gasteiger partial charge is 0.305 e. The average Bonchev–Trinajstić information content (AvgIpc) is 2.70. The van der Waals surface area contributed by atoms with Crippen molar-refractivity contribution in [2.75, 3.05) is 11.4 Å². The number of hydrogen-bond acceptors (Lipinski definition) is 5. The number of nitro groups is 1. The monoisotopic (exact) mass is 332 g/mol. The second-order valence-electron chi connectivity index (χ2n) is 5.01. The lowest BCUT2D eigenvalue weighted by Crippen LogP contribution is -2.28. The van der Waals surface area contributed by atoms with Crippen LogP contribution in [0.3, 0.4) is 0 Å². The summed E-state index contributed by atoms with van der Waals surface area (Å²) in [7, 11) is 1.39. The number of carbonyl (C=O) groups is 1. The molecule has 7 nitrogen and oxygen atoms in total. The molecule has 2 rings (SSSR count). The molecule has 0 aliphatic carbocycles. The number of carbonyl (C=O) groups excluding carboxylic acids is 1. The zero-order chi connectivity index (χ0) is 15.9. The first-order chi connectivity index (χ1) is 9.61. The fourth-order valence-corrected chi connectivity index (χ4v) is 3.53. The standard InChI is InChI=1S/C12H13ClN2O5S/c1-7-3-8(2)12(10(4-7)15(17)18)14-6-9(5-11(14)16)21(13,19)20/h3-4,9H,5-6H2,1-2H3. The second-order valence-corrected chi connectivity index (χ2v) is 7.92. The molecule has 0 spiro atoms. The molecule has 0 aromatic heterocycles. The van der Waals surface area contributed by atoms with Crippen molar-refractivity contribution in [1.29, 1.82) is 0 Å². The van der Waals surface area contributed by atoms with Gasteiger partial charge in [-0.05, 0) is 25.0 Å². The Morgan fingerprint density at radius 3 is 2.48 bits per heavy atom. The highest BCUT2D eigenvalue weighted by atomic mass is 35.7. The maximum absolute atomic E-state index is 12.0. The molecular weight excluding hydrogens is 320 g/mol. The number of rotatable bonds is 3. The first-order valence-electron chi connectivity index (χ1n) is 6.10. The highest BCUT2D eigenvalue weighted by Crippen LogP contribution is 2.37. The van der Waals surface area contributed by atoms with Gasteiger partial charge >= 0.3 is 0 Å². The van der Waals surface area contributed by atoms with Crippen LogP contribution >= 0.6 is 10.7 Å². The van der Waals surface area contributed by atoms with Gasteiger partial charge in [0, 0.05) is 29.7 Å². The van der Waals surface area contributed by atoms with Gasteiger partial charge in [0.15, 0.2) is 0 Å². The molecule has 21 heavy (non-hydrogen) atoms. The summed E-state index contributed by atoms with van der Waals surface area (Å²) in [6.45, 7) is 3.18. The van der Waals surface area contributed by atoms with Crippen molar-refractivity contribution >= 4 is 37.0 Å². The first kappa shape index (κ1) is 15.7. The smallest absolute Gasteiger partial charge is 0.293 e. The van der Waals surface area contributed by atoms with E-state index in [1.807, 2.05) is 0 Å². The summed E-state index contributed by atoms with van der Waals surface area (Å²) in [5, 5.41) is 10.1. The van der Waals surface area contributed by atoms with E-state index in [4.69, 9.17) is 10.7 Å². The molecule has 9 heteroatoms. The summed E-state index contributed by atoms with van der Waals surface area (Å²) in [6, 6.07) is 3.07. The molecule has 1 aliphatic rings. The van der Waals surface area contributed by atoms with E-state index in [0.29, 0.717) is 11.1 Å². The molecule has 1 amide bonds. The Bertz CT molecular complexity index is 731. The van der Waals surface area contributed by atoms with Crippen LogP contribution in [0.5, 0.6) is 0 Å². The van der Waals surface area contributed by atoms with E-state index < -0.39 is 25.1 Å². The molecule has 114 valence electrons. The summed E-state index contributed by atoms with van der Waals surface area (Å²) < 4.78 is 22.7. The maximum atomic E-state index is 12.0. The predicted molar refractivity (Wildman–Crippen MR) is 78.1 cm³/mol. The summed E-state index contributed by atoms with van der Waals surface area (Å²) in [5.41, 5.74) is 1.16. The lowest BCUT2D eigenvalue weighted by molar-refractivity contribution is -0.384. The highest BCUT2D eigenvalue weighted by molar-refractivity contribution is 8.14. The van der Waals surface area contributed by atoms with Crippen molar-refractivity contribution in [3.63, 3.8) is 0 Å². The number of hydrogen-bond donors (Lipinski definition) is 0. The minimum absolute atomic E-state index is 0.137. The Balaban J connectivity index is 2.53. The first-order valence-corrected chi connectivity index (χ1v) is 8.48. The number of nitro benzene ring substituents is 1. The molecule has 1 heterocycles. The van der Waals surface area contributed by atoms with E-state index in [1.165, 1.54) is 6.07 Å². The highest BCUT2D eigenvalue weighted by Gasteiger charge is 2.40. The number of aryl methyl sites for hydroxylation is 2. The van der Waals surface area contributed by atoms with Crippen LogP contribution in [-0.2, 0) is 13.8 Å². The van der Waals surface area contributed by atoms with E-state index >= 15 is 0 Å². The number of anilines is 1. The Morgan fingerprint density at radius 2 is 2.00 bits per heavy atom. The van der Waals surface area contributed by atoms with Crippen molar-refractivity contribution in [3.05, 3.63) is 33.4 Å². The Labute approximate surface area is 126 Å². The van der Waals surface area contributed by atoms with E-state index in [2.05, 4.69) is 0 Å². The SMILES string of the molecule is Cc1cc(C)c(N2CC(S(=O)(=O)Cl)CC2=O)c([N+](=O)[O-])c1. The molecule has 1 aromatic rings. The molecule has 0 N–H and O–H groups in total. The molecule has 0 saturated carbocycles. The third-order valence-electron chi connectivity index (χ3n) is 3.38. The minimum atomic E-state index is -3.89. The number of nitrogens with zero attached hydrogens (tertiary/aromatic N) is 2. The van der Waals surface area contributed by atoms with Crippen molar-refractivity contribution in [2.24, 2.45) is 0 Å². The zero-order valence-electron chi connectivity index (χ0n) is 11.4. The van der Waals surface area contributed by atoms with E-state index in [9.17, 15) is 23.3 Å². The molecule has 1 fully saturated rings. The average molecular weight is 333 g/mol. The van der Waals surface area contributed by atoms with Gasteiger partial charge in [-0.25, -0.2) is 8.42 Å². The molecule has 1 atom stereocenters. The van der Waals surface area contributed by atoms with E-state index in [0.717, 1.165) is 4.90 Å². The van der Waals surface area contributed by atoms with Crippen molar-refractivity contribution in [2.45, 2.75) is 25.5 Å². The fourth-order valence-electron chi connectivity index (χ4n) is 2.51. The van der Waals surface area contributed by atoms with Crippen LogP contribution in [0.15, 0.2) is 12.1 Å². The molecule has 0 bridgehead atoms. The molecular formula is C12H13ClN2O5S. The predicted octanol–water partition coefficient (Wildman–Crippen LogP) is 1.89. The maximum Gasteiger partial charge on any atom is 0.293 e. The summed E-state index contributed by atoms with van der Waals surface area (Å²) >= 11 is 0. The van der Waals surface area contributed by atoms with Gasteiger partial charge in [-0.2, -0.15) is 0 Å². The normalized spacial score (nSPS) is 19.1. The molecule has 1 saturated heterocycles. The number of benzene rings is 1. The van der Waals surface area contributed by atoms with Crippen LogP contribution in [0.2, 0.25) is 0 Å². The lowest BCUT2D eigenvalue weighted by atomic mass is 10.1. The summed E-state index contributed by atoms with van der Waals surface area (Å²) in [6.07, 6.45) is -0.268. The summed E-state index contributed by atoms with van der Waals surface area (Å²) in [4.78, 5) is 23.8. The van der Waals surface area contributed by atoms with Gasteiger partial charge < -0.3 is 4.90 Å². The minimum Gasteiger partial charge on any atom is -0.305 e. The van der Waals surface area contributed by atoms with Crippen LogP contribution in [0.4, 0.5) is 11.4 Å². The van der Waals surface area contributed by atoms with Gasteiger partial charge in [0.25, 0.3) is 5.69 Å².